The number of ether oxygens (including phenoxy) is 1. The molecule has 2 aromatic carbocycles. The fourth-order valence-electron chi connectivity index (χ4n) is 2.97. The predicted octanol–water partition coefficient (Wildman–Crippen LogP) is 1.82. The molecule has 0 radical (unpaired) electrons. The summed E-state index contributed by atoms with van der Waals surface area (Å²) in [5, 5.41) is 19.0. The lowest BCUT2D eigenvalue weighted by Crippen LogP contribution is -2.35. The fourth-order valence-corrected chi connectivity index (χ4v) is 2.97. The molecule has 3 rings (SSSR count). The first-order valence-electron chi connectivity index (χ1n) is 7.43. The highest BCUT2D eigenvalue weighted by Gasteiger charge is 2.23. The Morgan fingerprint density at radius 1 is 0.905 bits per heavy atom. The van der Waals surface area contributed by atoms with E-state index in [4.69, 9.17) is 4.74 Å². The third-order valence-electron chi connectivity index (χ3n) is 4.04. The Balaban J connectivity index is 1.85. The monoisotopic (exact) mass is 282 g/mol. The van der Waals surface area contributed by atoms with Crippen LogP contribution in [0.1, 0.15) is 29.5 Å². The van der Waals surface area contributed by atoms with E-state index in [1.807, 2.05) is 36.4 Å². The molecule has 0 unspecified atom stereocenters. The second kappa shape index (κ2) is 6.33. The van der Waals surface area contributed by atoms with Gasteiger partial charge in [-0.25, -0.2) is 0 Å². The average molecular weight is 282 g/mol. The molecule has 2 aromatic rings. The maximum absolute atomic E-state index is 9.49. The molecule has 0 spiro atoms. The molecule has 0 heterocycles. The number of benzene rings is 2. The van der Waals surface area contributed by atoms with Gasteiger partial charge in [-0.3, -0.25) is 0 Å². The van der Waals surface area contributed by atoms with E-state index in [1.165, 1.54) is 0 Å². The third-order valence-corrected chi connectivity index (χ3v) is 4.04. The minimum Gasteiger partial charge on any atom is -0.489 e. The smallest absolute Gasteiger partial charge is 0.488 e. The van der Waals surface area contributed by atoms with Crippen molar-refractivity contribution < 1.29 is 14.8 Å². The maximum atomic E-state index is 9.49. The maximum Gasteiger partial charge on any atom is 0.488 e. The van der Waals surface area contributed by atoms with Crippen molar-refractivity contribution in [1.82, 2.24) is 0 Å². The molecule has 1 aliphatic rings. The molecule has 0 aliphatic heterocycles. The van der Waals surface area contributed by atoms with Crippen molar-refractivity contribution in [3.8, 4) is 5.75 Å². The molecular weight excluding hydrogens is 263 g/mol. The first-order valence-corrected chi connectivity index (χ1v) is 7.43. The Morgan fingerprint density at radius 3 is 2.33 bits per heavy atom. The van der Waals surface area contributed by atoms with Gasteiger partial charge in [-0.05, 0) is 53.9 Å². The van der Waals surface area contributed by atoms with Crippen LogP contribution in [0.3, 0.4) is 0 Å². The zero-order chi connectivity index (χ0) is 14.7. The van der Waals surface area contributed by atoms with Gasteiger partial charge in [0.05, 0.1) is 0 Å². The van der Waals surface area contributed by atoms with Gasteiger partial charge in [-0.2, -0.15) is 0 Å². The minimum atomic E-state index is -1.40. The summed E-state index contributed by atoms with van der Waals surface area (Å²) in [5.74, 6) is 0.873. The Morgan fingerprint density at radius 2 is 1.62 bits per heavy atom. The standard InChI is InChI=1S/C17H19BO3/c19-18(20)16-10-11-17(15-9-5-4-8-14(15)16)21-12-13-6-2-1-3-7-13/h1-3,6-7,10-11,19-20H,4-5,8-9,12H2. The van der Waals surface area contributed by atoms with Gasteiger partial charge in [0.2, 0.25) is 0 Å². The van der Waals surface area contributed by atoms with E-state index in [2.05, 4.69) is 0 Å². The zero-order valence-corrected chi connectivity index (χ0v) is 12.0. The quantitative estimate of drug-likeness (QED) is 0.841. The lowest BCUT2D eigenvalue weighted by molar-refractivity contribution is 0.301. The van der Waals surface area contributed by atoms with E-state index in [0.29, 0.717) is 12.1 Å². The highest BCUT2D eigenvalue weighted by atomic mass is 16.5. The molecule has 21 heavy (non-hydrogen) atoms. The Hall–Kier alpha value is -1.78. The molecule has 0 saturated heterocycles. The van der Waals surface area contributed by atoms with E-state index < -0.39 is 7.12 Å². The van der Waals surface area contributed by atoms with Crippen LogP contribution in [0.25, 0.3) is 0 Å². The fraction of sp³-hybridized carbons (Fsp3) is 0.294. The molecule has 0 bridgehead atoms. The number of hydrogen-bond donors (Lipinski definition) is 2. The van der Waals surface area contributed by atoms with E-state index in [0.717, 1.165) is 48.1 Å². The van der Waals surface area contributed by atoms with Gasteiger partial charge in [0, 0.05) is 0 Å². The van der Waals surface area contributed by atoms with E-state index in [-0.39, 0.29) is 0 Å². The third kappa shape index (κ3) is 3.12. The van der Waals surface area contributed by atoms with Crippen LogP contribution in [-0.4, -0.2) is 17.2 Å². The summed E-state index contributed by atoms with van der Waals surface area (Å²) in [5.41, 5.74) is 3.95. The Kier molecular flexibility index (Phi) is 4.27. The van der Waals surface area contributed by atoms with Crippen LogP contribution in [0.5, 0.6) is 5.75 Å². The van der Waals surface area contributed by atoms with Crippen LogP contribution in [0.15, 0.2) is 42.5 Å². The molecule has 0 amide bonds. The zero-order valence-electron chi connectivity index (χ0n) is 12.0. The molecule has 0 aromatic heterocycles. The molecule has 0 saturated carbocycles. The average Bonchev–Trinajstić information content (AvgIpc) is 2.53. The van der Waals surface area contributed by atoms with Gasteiger partial charge in [0.15, 0.2) is 0 Å². The van der Waals surface area contributed by atoms with Gasteiger partial charge >= 0.3 is 7.12 Å². The topological polar surface area (TPSA) is 49.7 Å². The Bertz CT molecular complexity index is 611. The molecule has 2 N–H and O–H groups in total. The summed E-state index contributed by atoms with van der Waals surface area (Å²) in [4.78, 5) is 0. The van der Waals surface area contributed by atoms with Crippen molar-refractivity contribution in [2.45, 2.75) is 32.3 Å². The number of hydrogen-bond acceptors (Lipinski definition) is 3. The lowest BCUT2D eigenvalue weighted by Gasteiger charge is -2.22. The van der Waals surface area contributed by atoms with Gasteiger partial charge < -0.3 is 14.8 Å². The summed E-state index contributed by atoms with van der Waals surface area (Å²) in [6.45, 7) is 0.536. The van der Waals surface area contributed by atoms with Gasteiger partial charge in [-0.15, -0.1) is 0 Å². The highest BCUT2D eigenvalue weighted by Crippen LogP contribution is 2.29. The molecule has 108 valence electrons. The van der Waals surface area contributed by atoms with E-state index in [1.54, 1.807) is 6.07 Å². The van der Waals surface area contributed by atoms with E-state index >= 15 is 0 Å². The summed E-state index contributed by atoms with van der Waals surface area (Å²) in [6, 6.07) is 13.7. The second-order valence-electron chi connectivity index (χ2n) is 5.47. The first kappa shape index (κ1) is 14.2. The predicted molar refractivity (Wildman–Crippen MR) is 83.7 cm³/mol. The molecule has 0 fully saturated rings. The van der Waals surface area contributed by atoms with Crippen LogP contribution in [0.4, 0.5) is 0 Å². The van der Waals surface area contributed by atoms with Crippen molar-refractivity contribution in [3.63, 3.8) is 0 Å². The van der Waals surface area contributed by atoms with Crippen molar-refractivity contribution >= 4 is 12.6 Å². The molecule has 3 nitrogen and oxygen atoms in total. The number of fused-ring (bicyclic) bond motifs is 1. The van der Waals surface area contributed by atoms with Crippen LogP contribution < -0.4 is 10.2 Å². The summed E-state index contributed by atoms with van der Waals surface area (Å²) in [7, 11) is -1.40. The van der Waals surface area contributed by atoms with Crippen LogP contribution in [0, 0.1) is 0 Å². The van der Waals surface area contributed by atoms with Gasteiger partial charge in [0.25, 0.3) is 0 Å². The number of rotatable bonds is 4. The van der Waals surface area contributed by atoms with E-state index in [9.17, 15) is 10.0 Å². The van der Waals surface area contributed by atoms with Crippen molar-refractivity contribution in [1.29, 1.82) is 0 Å². The molecular formula is C17H19BO3. The molecule has 1 aliphatic carbocycles. The van der Waals surface area contributed by atoms with Crippen molar-refractivity contribution in [3.05, 3.63) is 59.2 Å². The first-order chi connectivity index (χ1) is 10.3. The van der Waals surface area contributed by atoms with Crippen molar-refractivity contribution in [2.24, 2.45) is 0 Å². The summed E-state index contributed by atoms with van der Waals surface area (Å²) < 4.78 is 5.96. The van der Waals surface area contributed by atoms with Gasteiger partial charge in [-0.1, -0.05) is 36.4 Å². The van der Waals surface area contributed by atoms with Crippen LogP contribution in [0.2, 0.25) is 0 Å². The SMILES string of the molecule is OB(O)c1ccc(OCc2ccccc2)c2c1CCCC2. The van der Waals surface area contributed by atoms with Crippen LogP contribution >= 0.6 is 0 Å². The normalized spacial score (nSPS) is 13.6. The largest absolute Gasteiger partial charge is 0.489 e. The second-order valence-corrected chi connectivity index (χ2v) is 5.47. The van der Waals surface area contributed by atoms with Crippen LogP contribution in [-0.2, 0) is 19.4 Å². The highest BCUT2D eigenvalue weighted by molar-refractivity contribution is 6.59. The summed E-state index contributed by atoms with van der Waals surface area (Å²) in [6.07, 6.45) is 4.05. The Labute approximate surface area is 125 Å². The van der Waals surface area contributed by atoms with Crippen molar-refractivity contribution in [2.75, 3.05) is 0 Å². The summed E-state index contributed by atoms with van der Waals surface area (Å²) >= 11 is 0. The molecule has 0 atom stereocenters. The minimum absolute atomic E-state index is 0.536. The molecule has 4 heteroatoms. The van der Waals surface area contributed by atoms with Gasteiger partial charge in [0.1, 0.15) is 12.4 Å². The lowest BCUT2D eigenvalue weighted by atomic mass is 9.72.